The lowest BCUT2D eigenvalue weighted by Crippen LogP contribution is -2.25. The van der Waals surface area contributed by atoms with Gasteiger partial charge in [0.2, 0.25) is 11.8 Å². The molecule has 0 saturated carbocycles. The Hall–Kier alpha value is -3.47. The minimum absolute atomic E-state index is 0.0765. The lowest BCUT2D eigenvalue weighted by molar-refractivity contribution is -0.286. The molecule has 8 nitrogen and oxygen atoms in total. The summed E-state index contributed by atoms with van der Waals surface area (Å²) < 4.78 is 40.3. The van der Waals surface area contributed by atoms with Crippen LogP contribution < -0.4 is 14.8 Å². The number of hydrogen-bond donors (Lipinski definition) is 2. The van der Waals surface area contributed by atoms with Crippen LogP contribution in [0.2, 0.25) is 0 Å². The maximum absolute atomic E-state index is 13.1. The second-order valence-electron chi connectivity index (χ2n) is 5.54. The number of nitrogens with zero attached hydrogens (tertiary/aromatic N) is 2. The molecular formula is C16H8F2N4O4S. The van der Waals surface area contributed by atoms with Gasteiger partial charge in [-0.1, -0.05) is 6.07 Å². The van der Waals surface area contributed by atoms with E-state index in [0.29, 0.717) is 16.9 Å². The summed E-state index contributed by atoms with van der Waals surface area (Å²) in [6, 6.07) is 6.28. The number of imidazole rings is 1. The van der Waals surface area contributed by atoms with E-state index in [1.54, 1.807) is 0 Å². The van der Waals surface area contributed by atoms with E-state index in [2.05, 4.69) is 29.7 Å². The molecule has 2 N–H and O–H groups in total. The van der Waals surface area contributed by atoms with Gasteiger partial charge in [0.25, 0.3) is 5.91 Å². The van der Waals surface area contributed by atoms with Crippen LogP contribution in [0.5, 0.6) is 11.5 Å². The molecule has 0 aliphatic carbocycles. The van der Waals surface area contributed by atoms with E-state index in [4.69, 9.17) is 4.42 Å². The van der Waals surface area contributed by atoms with E-state index >= 15 is 0 Å². The number of oxazole rings is 1. The van der Waals surface area contributed by atoms with Crippen LogP contribution in [0.1, 0.15) is 10.5 Å². The number of thiophene rings is 1. The second kappa shape index (κ2) is 5.51. The Morgan fingerprint density at radius 3 is 2.81 bits per heavy atom. The number of carbonyl (C=O) groups is 1. The quantitative estimate of drug-likeness (QED) is 0.551. The zero-order chi connectivity index (χ0) is 18.6. The van der Waals surface area contributed by atoms with Crippen LogP contribution in [-0.2, 0) is 0 Å². The van der Waals surface area contributed by atoms with Gasteiger partial charge in [-0.2, -0.15) is 0 Å². The van der Waals surface area contributed by atoms with Gasteiger partial charge in [0.15, 0.2) is 17.2 Å². The fourth-order valence-corrected chi connectivity index (χ4v) is 3.23. The molecule has 4 heterocycles. The highest BCUT2D eigenvalue weighted by Gasteiger charge is 2.43. The summed E-state index contributed by atoms with van der Waals surface area (Å²) in [5, 5.41) is 4.41. The van der Waals surface area contributed by atoms with Gasteiger partial charge in [0.05, 0.1) is 15.9 Å². The number of rotatable bonds is 3. The first kappa shape index (κ1) is 15.8. The van der Waals surface area contributed by atoms with Crippen molar-refractivity contribution in [1.29, 1.82) is 0 Å². The molecule has 3 aromatic heterocycles. The zero-order valence-electron chi connectivity index (χ0n) is 13.2. The van der Waals surface area contributed by atoms with E-state index in [1.165, 1.54) is 29.7 Å². The minimum atomic E-state index is -3.70. The van der Waals surface area contributed by atoms with E-state index in [9.17, 15) is 13.6 Å². The van der Waals surface area contributed by atoms with Crippen molar-refractivity contribution in [2.24, 2.45) is 0 Å². The molecule has 4 aromatic rings. The number of alkyl halides is 2. The summed E-state index contributed by atoms with van der Waals surface area (Å²) in [5.41, 5.74) is 0.794. The third-order valence-electron chi connectivity index (χ3n) is 3.71. The van der Waals surface area contributed by atoms with Crippen molar-refractivity contribution in [2.45, 2.75) is 6.29 Å². The molecule has 11 heteroatoms. The highest BCUT2D eigenvalue weighted by Crippen LogP contribution is 2.42. The maximum Gasteiger partial charge on any atom is 0.586 e. The topological polar surface area (TPSA) is 102 Å². The standard InChI is InChI=1S/C16H8F2N4O4S/c17-16(18)25-10-4-7-8(5-11(10)26-16)21-15(20-7)22-13(23)9-6-24-14(19-9)12-2-1-3-27-12/h1-6H,(H2,20,21,22,23). The van der Waals surface area contributed by atoms with Crippen LogP contribution in [-0.4, -0.2) is 27.2 Å². The van der Waals surface area contributed by atoms with Crippen molar-refractivity contribution in [1.82, 2.24) is 15.0 Å². The number of H-pyrrole nitrogens is 1. The van der Waals surface area contributed by atoms with E-state index < -0.39 is 12.2 Å². The molecule has 1 aliphatic heterocycles. The number of amides is 1. The number of carbonyl (C=O) groups excluding carboxylic acids is 1. The molecule has 0 saturated heterocycles. The Labute approximate surface area is 152 Å². The smallest absolute Gasteiger partial charge is 0.443 e. The van der Waals surface area contributed by atoms with E-state index in [-0.39, 0.29) is 23.1 Å². The number of nitrogens with one attached hydrogen (secondary N) is 2. The molecule has 5 rings (SSSR count). The van der Waals surface area contributed by atoms with Crippen LogP contribution in [0.3, 0.4) is 0 Å². The van der Waals surface area contributed by atoms with Crippen molar-refractivity contribution < 1.29 is 27.5 Å². The summed E-state index contributed by atoms with van der Waals surface area (Å²) in [4.78, 5) is 24.2. The molecule has 0 unspecified atom stereocenters. The first-order valence-electron chi connectivity index (χ1n) is 7.57. The van der Waals surface area contributed by atoms with Crippen molar-refractivity contribution in [2.75, 3.05) is 5.32 Å². The fourth-order valence-electron chi connectivity index (χ4n) is 2.58. The number of hydrogen-bond acceptors (Lipinski definition) is 7. The van der Waals surface area contributed by atoms with Gasteiger partial charge in [0, 0.05) is 12.1 Å². The molecule has 0 radical (unpaired) electrons. The van der Waals surface area contributed by atoms with E-state index in [0.717, 1.165) is 4.88 Å². The molecule has 136 valence electrons. The monoisotopic (exact) mass is 390 g/mol. The van der Waals surface area contributed by atoms with Crippen LogP contribution in [0.4, 0.5) is 14.7 Å². The van der Waals surface area contributed by atoms with Gasteiger partial charge >= 0.3 is 6.29 Å². The molecule has 27 heavy (non-hydrogen) atoms. The zero-order valence-corrected chi connectivity index (χ0v) is 14.0. The normalized spacial score (nSPS) is 14.6. The summed E-state index contributed by atoms with van der Waals surface area (Å²) in [6.45, 7) is 0. The van der Waals surface area contributed by atoms with Crippen molar-refractivity contribution in [3.63, 3.8) is 0 Å². The molecule has 0 fully saturated rings. The predicted octanol–water partition coefficient (Wildman–Crippen LogP) is 3.85. The van der Waals surface area contributed by atoms with Gasteiger partial charge in [0.1, 0.15) is 6.26 Å². The number of anilines is 1. The molecule has 0 spiro atoms. The largest absolute Gasteiger partial charge is 0.586 e. The minimum Gasteiger partial charge on any atom is -0.443 e. The Balaban J connectivity index is 1.38. The highest BCUT2D eigenvalue weighted by molar-refractivity contribution is 7.13. The lowest BCUT2D eigenvalue weighted by atomic mass is 10.3. The number of aromatic nitrogens is 3. The Bertz CT molecular complexity index is 1120. The van der Waals surface area contributed by atoms with Crippen molar-refractivity contribution in [3.8, 4) is 22.3 Å². The van der Waals surface area contributed by atoms with Gasteiger partial charge in [-0.15, -0.1) is 20.1 Å². The van der Waals surface area contributed by atoms with Crippen LogP contribution in [0, 0.1) is 0 Å². The SMILES string of the molecule is O=C(Nc1nc2cc3c(cc2[nH]1)OC(F)(F)O3)c1coc(-c2cccs2)n1. The number of halogens is 2. The summed E-state index contributed by atoms with van der Waals surface area (Å²) in [6.07, 6.45) is -2.46. The molecular weight excluding hydrogens is 382 g/mol. The number of ether oxygens (including phenoxy) is 2. The van der Waals surface area contributed by atoms with Crippen molar-refractivity contribution >= 4 is 34.2 Å². The Morgan fingerprint density at radius 2 is 2.04 bits per heavy atom. The highest BCUT2D eigenvalue weighted by atomic mass is 32.1. The summed E-state index contributed by atoms with van der Waals surface area (Å²) >= 11 is 1.43. The third-order valence-corrected chi connectivity index (χ3v) is 4.56. The average Bonchev–Trinajstić information content (AvgIpc) is 3.36. The number of aromatic amines is 1. The third kappa shape index (κ3) is 2.77. The predicted molar refractivity (Wildman–Crippen MR) is 90.1 cm³/mol. The summed E-state index contributed by atoms with van der Waals surface area (Å²) in [7, 11) is 0. The molecule has 1 aromatic carbocycles. The van der Waals surface area contributed by atoms with Gasteiger partial charge in [-0.25, -0.2) is 9.97 Å². The van der Waals surface area contributed by atoms with Crippen LogP contribution >= 0.6 is 11.3 Å². The molecule has 0 bridgehead atoms. The second-order valence-corrected chi connectivity index (χ2v) is 6.49. The molecule has 0 atom stereocenters. The number of benzene rings is 1. The molecule has 1 amide bonds. The maximum atomic E-state index is 13.1. The van der Waals surface area contributed by atoms with Gasteiger partial charge < -0.3 is 18.9 Å². The fraction of sp³-hybridized carbons (Fsp3) is 0.0625. The molecule has 1 aliphatic rings. The van der Waals surface area contributed by atoms with Crippen LogP contribution in [0.25, 0.3) is 21.8 Å². The van der Waals surface area contributed by atoms with Crippen LogP contribution in [0.15, 0.2) is 40.3 Å². The van der Waals surface area contributed by atoms with Gasteiger partial charge in [-0.3, -0.25) is 10.1 Å². The first-order valence-corrected chi connectivity index (χ1v) is 8.45. The Kier molecular flexibility index (Phi) is 3.22. The first-order chi connectivity index (χ1) is 13.0. The lowest BCUT2D eigenvalue weighted by Gasteiger charge is -2.04. The van der Waals surface area contributed by atoms with Gasteiger partial charge in [-0.05, 0) is 11.4 Å². The van der Waals surface area contributed by atoms with E-state index in [1.807, 2.05) is 17.5 Å². The summed E-state index contributed by atoms with van der Waals surface area (Å²) in [5.74, 6) is -0.329. The van der Waals surface area contributed by atoms with Crippen molar-refractivity contribution in [3.05, 3.63) is 41.6 Å². The number of fused-ring (bicyclic) bond motifs is 2. The average molecular weight is 390 g/mol. The Morgan fingerprint density at radius 1 is 1.22 bits per heavy atom.